The van der Waals surface area contributed by atoms with Crippen LogP contribution in [0.5, 0.6) is 0 Å². The van der Waals surface area contributed by atoms with Gasteiger partial charge in [-0.15, -0.1) is 11.3 Å². The van der Waals surface area contributed by atoms with Crippen molar-refractivity contribution >= 4 is 34.8 Å². The second-order valence-corrected chi connectivity index (χ2v) is 9.58. The van der Waals surface area contributed by atoms with Crippen molar-refractivity contribution in [3.63, 3.8) is 0 Å². The van der Waals surface area contributed by atoms with Crippen LogP contribution in [-0.2, 0) is 11.3 Å². The van der Waals surface area contributed by atoms with Crippen molar-refractivity contribution in [3.05, 3.63) is 28.0 Å². The van der Waals surface area contributed by atoms with Crippen LogP contribution in [-0.4, -0.2) is 37.7 Å². The van der Waals surface area contributed by atoms with Gasteiger partial charge in [0.15, 0.2) is 5.78 Å². The van der Waals surface area contributed by atoms with Crippen molar-refractivity contribution in [3.8, 4) is 0 Å². The summed E-state index contributed by atoms with van der Waals surface area (Å²) in [5.74, 6) is -0.0507. The Morgan fingerprint density at radius 2 is 1.96 bits per heavy atom. The highest BCUT2D eigenvalue weighted by Crippen LogP contribution is 2.35. The Labute approximate surface area is 168 Å². The molecular weight excluding hydrogens is 380 g/mol. The lowest BCUT2D eigenvalue weighted by atomic mass is 9.95. The van der Waals surface area contributed by atoms with Crippen LogP contribution in [0.1, 0.15) is 60.0 Å². The average molecular weight is 407 g/mol. The van der Waals surface area contributed by atoms with Gasteiger partial charge in [0.1, 0.15) is 10.9 Å². The number of ketones is 1. The van der Waals surface area contributed by atoms with Crippen molar-refractivity contribution < 1.29 is 9.59 Å². The molecule has 1 saturated carbocycles. The van der Waals surface area contributed by atoms with Crippen LogP contribution in [0.15, 0.2) is 9.72 Å². The Morgan fingerprint density at radius 1 is 1.26 bits per heavy atom. The Morgan fingerprint density at radius 3 is 2.52 bits per heavy atom. The molecule has 146 valence electrons. The highest BCUT2D eigenvalue weighted by atomic mass is 32.2. The summed E-state index contributed by atoms with van der Waals surface area (Å²) in [7, 11) is 0. The Hall–Kier alpha value is -1.67. The zero-order valence-electron chi connectivity index (χ0n) is 16.2. The Kier molecular flexibility index (Phi) is 6.37. The third kappa shape index (κ3) is 4.99. The van der Waals surface area contributed by atoms with E-state index in [0.29, 0.717) is 16.5 Å². The minimum Gasteiger partial charge on any atom is -0.352 e. The SMILES string of the molecule is CC(=O)c1c(C)nn(CC(=O)NC2CCC(Sc3nc(C)cs3)CC2)c1C. The summed E-state index contributed by atoms with van der Waals surface area (Å²) in [4.78, 5) is 28.7. The van der Waals surface area contributed by atoms with E-state index in [0.717, 1.165) is 41.4 Å². The number of thioether (sulfide) groups is 1. The quantitative estimate of drug-likeness (QED) is 0.741. The van der Waals surface area contributed by atoms with Crippen LogP contribution in [0.4, 0.5) is 0 Å². The summed E-state index contributed by atoms with van der Waals surface area (Å²) in [6.07, 6.45) is 4.15. The van der Waals surface area contributed by atoms with E-state index in [4.69, 9.17) is 0 Å². The largest absolute Gasteiger partial charge is 0.352 e. The van der Waals surface area contributed by atoms with Gasteiger partial charge in [-0.3, -0.25) is 14.3 Å². The van der Waals surface area contributed by atoms with Gasteiger partial charge in [-0.1, -0.05) is 11.8 Å². The summed E-state index contributed by atoms with van der Waals surface area (Å²) in [6, 6.07) is 0.219. The fraction of sp³-hybridized carbons (Fsp3) is 0.579. The molecule has 0 bridgehead atoms. The minimum absolute atomic E-state index is 0.0112. The maximum Gasteiger partial charge on any atom is 0.241 e. The molecule has 0 aliphatic heterocycles. The molecule has 2 aromatic heterocycles. The number of aromatic nitrogens is 3. The summed E-state index contributed by atoms with van der Waals surface area (Å²) < 4.78 is 2.78. The maximum atomic E-state index is 12.4. The van der Waals surface area contributed by atoms with E-state index in [-0.39, 0.29) is 24.3 Å². The lowest BCUT2D eigenvalue weighted by Crippen LogP contribution is -2.40. The molecule has 1 aliphatic carbocycles. The van der Waals surface area contributed by atoms with E-state index in [1.165, 1.54) is 6.92 Å². The molecule has 1 amide bonds. The van der Waals surface area contributed by atoms with Gasteiger partial charge in [0.05, 0.1) is 11.3 Å². The van der Waals surface area contributed by atoms with E-state index >= 15 is 0 Å². The zero-order chi connectivity index (χ0) is 19.6. The first-order valence-corrected chi connectivity index (χ1v) is 11.0. The Bertz CT molecular complexity index is 835. The monoisotopic (exact) mass is 406 g/mol. The van der Waals surface area contributed by atoms with Crippen molar-refractivity contribution in [2.75, 3.05) is 0 Å². The van der Waals surface area contributed by atoms with Crippen LogP contribution >= 0.6 is 23.1 Å². The normalized spacial score (nSPS) is 19.9. The van der Waals surface area contributed by atoms with Crippen LogP contribution in [0.2, 0.25) is 0 Å². The van der Waals surface area contributed by atoms with Gasteiger partial charge in [-0.05, 0) is 53.4 Å². The molecule has 0 radical (unpaired) electrons. The van der Waals surface area contributed by atoms with Gasteiger partial charge in [-0.2, -0.15) is 5.10 Å². The topological polar surface area (TPSA) is 76.9 Å². The third-order valence-electron chi connectivity index (χ3n) is 4.93. The molecule has 0 aromatic carbocycles. The molecule has 0 spiro atoms. The van der Waals surface area contributed by atoms with Crippen molar-refractivity contribution in [1.82, 2.24) is 20.1 Å². The molecular formula is C19H26N4O2S2. The van der Waals surface area contributed by atoms with E-state index in [1.807, 2.05) is 25.6 Å². The van der Waals surface area contributed by atoms with E-state index in [1.54, 1.807) is 22.9 Å². The lowest BCUT2D eigenvalue weighted by molar-refractivity contribution is -0.122. The first kappa shape index (κ1) is 20.1. The van der Waals surface area contributed by atoms with Crippen molar-refractivity contribution in [2.24, 2.45) is 0 Å². The summed E-state index contributed by atoms with van der Waals surface area (Å²) in [5, 5.41) is 10.2. The first-order valence-electron chi connectivity index (χ1n) is 9.26. The molecule has 1 aliphatic rings. The number of Topliss-reactive ketones (excluding diaryl/α,β-unsaturated/α-hetero) is 1. The molecule has 2 heterocycles. The standard InChI is InChI=1S/C19H26N4O2S2/c1-11-10-26-19(20-11)27-16-7-5-15(6-8-16)21-17(25)9-23-13(3)18(14(4)24)12(2)22-23/h10,15-16H,5-9H2,1-4H3,(H,21,25). The molecule has 0 unspecified atom stereocenters. The lowest BCUT2D eigenvalue weighted by Gasteiger charge is -2.28. The van der Waals surface area contributed by atoms with Gasteiger partial charge in [0.2, 0.25) is 5.91 Å². The number of nitrogens with one attached hydrogen (secondary N) is 1. The Balaban J connectivity index is 1.48. The van der Waals surface area contributed by atoms with Crippen LogP contribution in [0, 0.1) is 20.8 Å². The molecule has 1 fully saturated rings. The van der Waals surface area contributed by atoms with Crippen LogP contribution in [0.25, 0.3) is 0 Å². The highest BCUT2D eigenvalue weighted by Gasteiger charge is 2.24. The summed E-state index contributed by atoms with van der Waals surface area (Å²) >= 11 is 3.58. The number of carbonyl (C=O) groups is 2. The second kappa shape index (κ2) is 8.56. The summed E-state index contributed by atoms with van der Waals surface area (Å²) in [6.45, 7) is 7.36. The average Bonchev–Trinajstić information content (AvgIpc) is 3.12. The molecule has 1 N–H and O–H groups in total. The van der Waals surface area contributed by atoms with Gasteiger partial charge >= 0.3 is 0 Å². The third-order valence-corrected chi connectivity index (χ3v) is 7.36. The number of thiazole rings is 1. The summed E-state index contributed by atoms with van der Waals surface area (Å²) in [5.41, 5.74) is 3.15. The fourth-order valence-corrected chi connectivity index (χ4v) is 5.91. The number of aryl methyl sites for hydroxylation is 2. The number of hydrogen-bond acceptors (Lipinski definition) is 6. The van der Waals surface area contributed by atoms with E-state index in [2.05, 4.69) is 20.8 Å². The molecule has 0 atom stereocenters. The molecule has 3 rings (SSSR count). The molecule has 0 saturated heterocycles. The number of hydrogen-bond donors (Lipinski definition) is 1. The maximum absolute atomic E-state index is 12.4. The minimum atomic E-state index is -0.0395. The van der Waals surface area contributed by atoms with Gasteiger partial charge in [-0.25, -0.2) is 4.98 Å². The number of carbonyl (C=O) groups excluding carboxylic acids is 2. The molecule has 2 aromatic rings. The number of amides is 1. The van der Waals surface area contributed by atoms with Crippen molar-refractivity contribution in [2.45, 2.75) is 75.6 Å². The highest BCUT2D eigenvalue weighted by molar-refractivity contribution is 8.01. The predicted octanol–water partition coefficient (Wildman–Crippen LogP) is 3.69. The van der Waals surface area contributed by atoms with E-state index < -0.39 is 0 Å². The number of nitrogens with zero attached hydrogens (tertiary/aromatic N) is 3. The first-order chi connectivity index (χ1) is 12.8. The van der Waals surface area contributed by atoms with E-state index in [9.17, 15) is 9.59 Å². The van der Waals surface area contributed by atoms with Gasteiger partial charge in [0, 0.05) is 28.1 Å². The van der Waals surface area contributed by atoms with Crippen LogP contribution in [0.3, 0.4) is 0 Å². The smallest absolute Gasteiger partial charge is 0.241 e. The van der Waals surface area contributed by atoms with Crippen LogP contribution < -0.4 is 5.32 Å². The number of rotatable bonds is 6. The molecule has 27 heavy (non-hydrogen) atoms. The second-order valence-electron chi connectivity index (χ2n) is 7.17. The fourth-order valence-electron chi connectivity index (χ4n) is 3.62. The van der Waals surface area contributed by atoms with Gasteiger partial charge < -0.3 is 5.32 Å². The molecule has 6 nitrogen and oxygen atoms in total. The predicted molar refractivity (Wildman–Crippen MR) is 109 cm³/mol. The van der Waals surface area contributed by atoms with Gasteiger partial charge in [0.25, 0.3) is 0 Å². The van der Waals surface area contributed by atoms with Crippen molar-refractivity contribution in [1.29, 1.82) is 0 Å². The zero-order valence-corrected chi connectivity index (χ0v) is 17.9. The molecule has 8 heteroatoms.